The maximum Gasteiger partial charge on any atom is 0.270 e. The zero-order chi connectivity index (χ0) is 27.6. The minimum absolute atomic E-state index is 0.129. The van der Waals surface area contributed by atoms with Crippen molar-refractivity contribution < 1.29 is 14.3 Å². The van der Waals surface area contributed by atoms with Crippen LogP contribution in [0.1, 0.15) is 18.1 Å². The fourth-order valence-corrected chi connectivity index (χ4v) is 6.94. The zero-order valence-corrected chi connectivity index (χ0v) is 25.4. The van der Waals surface area contributed by atoms with Crippen molar-refractivity contribution in [2.45, 2.75) is 13.5 Å². The Bertz CT molecular complexity index is 1810. The monoisotopic (exact) mass is 673 g/mol. The van der Waals surface area contributed by atoms with Gasteiger partial charge in [0.25, 0.3) is 5.91 Å². The molecule has 1 heterocycles. The van der Waals surface area contributed by atoms with Gasteiger partial charge in [0, 0.05) is 5.39 Å². The van der Waals surface area contributed by atoms with Crippen LogP contribution < -0.4 is 14.4 Å². The lowest BCUT2D eigenvalue weighted by molar-refractivity contribution is -0.113. The average molecular weight is 674 g/mol. The summed E-state index contributed by atoms with van der Waals surface area (Å²) in [6.45, 7) is 2.86. The standard InChI is InChI=1S/C33H24INO3S2/c1-2-37-29-18-21(17-27(34)31(29)38-20-24-13-7-11-22-9-3-5-14-25(22)24)19-30-32(36)35(33(39)40-30)28-16-8-12-23-10-4-6-15-26(23)28/h3-19H,2,20H2,1H3/b30-19-. The van der Waals surface area contributed by atoms with Crippen molar-refractivity contribution in [2.24, 2.45) is 0 Å². The lowest BCUT2D eigenvalue weighted by atomic mass is 10.1. The van der Waals surface area contributed by atoms with Crippen LogP contribution in [0.4, 0.5) is 5.69 Å². The summed E-state index contributed by atoms with van der Waals surface area (Å²) >= 11 is 9.25. The Morgan fingerprint density at radius 1 is 0.875 bits per heavy atom. The number of thioether (sulfide) groups is 1. The van der Waals surface area contributed by atoms with Gasteiger partial charge in [0.1, 0.15) is 6.61 Å². The molecule has 5 aromatic carbocycles. The van der Waals surface area contributed by atoms with Crippen LogP contribution in [0.25, 0.3) is 27.6 Å². The van der Waals surface area contributed by atoms with Crippen LogP contribution in [0, 0.1) is 3.57 Å². The summed E-state index contributed by atoms with van der Waals surface area (Å²) in [7, 11) is 0. The lowest BCUT2D eigenvalue weighted by Crippen LogP contribution is -2.27. The Morgan fingerprint density at radius 2 is 1.55 bits per heavy atom. The molecule has 1 aliphatic heterocycles. The molecule has 1 amide bonds. The van der Waals surface area contributed by atoms with Crippen molar-refractivity contribution in [1.82, 2.24) is 0 Å². The van der Waals surface area contributed by atoms with Gasteiger partial charge < -0.3 is 9.47 Å². The Morgan fingerprint density at radius 3 is 2.33 bits per heavy atom. The molecule has 0 aromatic heterocycles. The largest absolute Gasteiger partial charge is 0.490 e. The van der Waals surface area contributed by atoms with E-state index in [4.69, 9.17) is 21.7 Å². The smallest absolute Gasteiger partial charge is 0.270 e. The van der Waals surface area contributed by atoms with Gasteiger partial charge in [-0.25, -0.2) is 0 Å². The molecule has 6 rings (SSSR count). The van der Waals surface area contributed by atoms with Crippen molar-refractivity contribution in [1.29, 1.82) is 0 Å². The second-order valence-corrected chi connectivity index (χ2v) is 12.0. The van der Waals surface area contributed by atoms with Gasteiger partial charge >= 0.3 is 0 Å². The summed E-state index contributed by atoms with van der Waals surface area (Å²) < 4.78 is 13.8. The van der Waals surface area contributed by atoms with E-state index in [-0.39, 0.29) is 5.91 Å². The first-order valence-electron chi connectivity index (χ1n) is 12.8. The Kier molecular flexibility index (Phi) is 7.78. The molecule has 0 bridgehead atoms. The third-order valence-corrected chi connectivity index (χ3v) is 8.79. The number of carbonyl (C=O) groups is 1. The topological polar surface area (TPSA) is 38.8 Å². The third kappa shape index (κ3) is 5.21. The number of nitrogens with zero attached hydrogens (tertiary/aromatic N) is 1. The highest BCUT2D eigenvalue weighted by Crippen LogP contribution is 2.41. The number of anilines is 1. The van der Waals surface area contributed by atoms with Crippen LogP contribution in [-0.4, -0.2) is 16.8 Å². The molecule has 0 radical (unpaired) electrons. The van der Waals surface area contributed by atoms with Gasteiger partial charge in [-0.1, -0.05) is 103 Å². The van der Waals surface area contributed by atoms with Gasteiger partial charge in [-0.05, 0) is 81.1 Å². The summed E-state index contributed by atoms with van der Waals surface area (Å²) in [5.74, 6) is 1.21. The molecular formula is C33H24INO3S2. The summed E-state index contributed by atoms with van der Waals surface area (Å²) in [6, 6.07) is 32.4. The van der Waals surface area contributed by atoms with E-state index in [9.17, 15) is 4.79 Å². The molecule has 5 aromatic rings. The first kappa shape index (κ1) is 26.8. The molecular weight excluding hydrogens is 649 g/mol. The third-order valence-electron chi connectivity index (χ3n) is 6.68. The molecule has 0 atom stereocenters. The number of hydrogen-bond donors (Lipinski definition) is 0. The summed E-state index contributed by atoms with van der Waals surface area (Å²) in [4.78, 5) is 15.8. The van der Waals surface area contributed by atoms with E-state index in [1.165, 1.54) is 22.5 Å². The van der Waals surface area contributed by atoms with Crippen molar-refractivity contribution >= 4 is 90.1 Å². The van der Waals surface area contributed by atoms with E-state index in [0.29, 0.717) is 33.9 Å². The average Bonchev–Trinajstić information content (AvgIpc) is 3.24. The summed E-state index contributed by atoms with van der Waals surface area (Å²) in [5.41, 5.74) is 2.76. The van der Waals surface area contributed by atoms with E-state index in [1.807, 2.05) is 85.8 Å². The number of hydrogen-bond acceptors (Lipinski definition) is 5. The number of fused-ring (bicyclic) bond motifs is 2. The molecule has 198 valence electrons. The first-order valence-corrected chi connectivity index (χ1v) is 15.2. The Labute approximate surface area is 256 Å². The van der Waals surface area contributed by atoms with Gasteiger partial charge in [-0.2, -0.15) is 0 Å². The molecule has 1 fully saturated rings. The SMILES string of the molecule is CCOc1cc(/C=C2\SC(=S)N(c3cccc4ccccc34)C2=O)cc(I)c1OCc1cccc2ccccc12. The molecule has 7 heteroatoms. The summed E-state index contributed by atoms with van der Waals surface area (Å²) in [5, 5.41) is 4.40. The Balaban J connectivity index is 1.30. The highest BCUT2D eigenvalue weighted by molar-refractivity contribution is 14.1. The van der Waals surface area contributed by atoms with Gasteiger partial charge in [-0.3, -0.25) is 9.69 Å². The number of benzene rings is 5. The number of halogens is 1. The number of rotatable bonds is 7. The minimum atomic E-state index is -0.129. The molecule has 4 nitrogen and oxygen atoms in total. The van der Waals surface area contributed by atoms with Crippen molar-refractivity contribution in [3.05, 3.63) is 117 Å². The first-order chi connectivity index (χ1) is 19.5. The van der Waals surface area contributed by atoms with Crippen LogP contribution in [-0.2, 0) is 11.4 Å². The van der Waals surface area contributed by atoms with Gasteiger partial charge in [-0.15, -0.1) is 0 Å². The maximum absolute atomic E-state index is 13.6. The number of thiocarbonyl (C=S) groups is 1. The molecule has 1 aliphatic rings. The molecule has 0 aliphatic carbocycles. The number of ether oxygens (including phenoxy) is 2. The second kappa shape index (κ2) is 11.6. The van der Waals surface area contributed by atoms with E-state index >= 15 is 0 Å². The quantitative estimate of drug-likeness (QED) is 0.0980. The van der Waals surface area contributed by atoms with Crippen molar-refractivity contribution in [2.75, 3.05) is 11.5 Å². The molecule has 40 heavy (non-hydrogen) atoms. The normalized spacial score (nSPS) is 14.4. The number of carbonyl (C=O) groups excluding carboxylic acids is 1. The van der Waals surface area contributed by atoms with Crippen LogP contribution >= 0.6 is 46.6 Å². The maximum atomic E-state index is 13.6. The van der Waals surface area contributed by atoms with E-state index in [2.05, 4.69) is 46.9 Å². The lowest BCUT2D eigenvalue weighted by Gasteiger charge is -2.17. The number of amides is 1. The van der Waals surface area contributed by atoms with E-state index in [0.717, 1.165) is 31.2 Å². The van der Waals surface area contributed by atoms with Crippen molar-refractivity contribution in [3.63, 3.8) is 0 Å². The fraction of sp³-hybridized carbons (Fsp3) is 0.0909. The molecule has 0 N–H and O–H groups in total. The second-order valence-electron chi connectivity index (χ2n) is 9.21. The van der Waals surface area contributed by atoms with Crippen LogP contribution in [0.2, 0.25) is 0 Å². The molecule has 0 spiro atoms. The van der Waals surface area contributed by atoms with Crippen LogP contribution in [0.15, 0.2) is 102 Å². The highest BCUT2D eigenvalue weighted by atomic mass is 127. The minimum Gasteiger partial charge on any atom is -0.490 e. The Hall–Kier alpha value is -3.40. The molecule has 1 saturated heterocycles. The summed E-state index contributed by atoms with van der Waals surface area (Å²) in [6.07, 6.45) is 1.88. The zero-order valence-electron chi connectivity index (χ0n) is 21.6. The predicted molar refractivity (Wildman–Crippen MR) is 178 cm³/mol. The van der Waals surface area contributed by atoms with Crippen LogP contribution in [0.5, 0.6) is 11.5 Å². The van der Waals surface area contributed by atoms with Crippen molar-refractivity contribution in [3.8, 4) is 11.5 Å². The highest BCUT2D eigenvalue weighted by Gasteiger charge is 2.34. The van der Waals surface area contributed by atoms with Gasteiger partial charge in [0.15, 0.2) is 15.8 Å². The van der Waals surface area contributed by atoms with E-state index in [1.54, 1.807) is 4.90 Å². The molecule has 0 unspecified atom stereocenters. The molecule has 0 saturated carbocycles. The predicted octanol–water partition coefficient (Wildman–Crippen LogP) is 8.98. The fourth-order valence-electron chi connectivity index (χ4n) is 4.87. The van der Waals surface area contributed by atoms with Gasteiger partial charge in [0.2, 0.25) is 0 Å². The van der Waals surface area contributed by atoms with E-state index < -0.39 is 0 Å². The van der Waals surface area contributed by atoms with Gasteiger partial charge in [0.05, 0.1) is 20.8 Å². The van der Waals surface area contributed by atoms with Crippen LogP contribution in [0.3, 0.4) is 0 Å².